The van der Waals surface area contributed by atoms with Gasteiger partial charge in [0.2, 0.25) is 5.91 Å². The molecule has 0 saturated carbocycles. The number of piperidine rings is 2. The average Bonchev–Trinajstić information content (AvgIpc) is 2.63. The highest BCUT2D eigenvalue weighted by Crippen LogP contribution is 2.23. The van der Waals surface area contributed by atoms with Gasteiger partial charge < -0.3 is 10.0 Å². The minimum Gasteiger partial charge on any atom is -0.393 e. The SMILES string of the molecule is C[C@H](C(=O)N1CCC(Cc2ccccc2)CC1)N1CCC(O)CC1. The molecule has 2 aliphatic rings. The molecule has 3 rings (SSSR count). The van der Waals surface area contributed by atoms with Gasteiger partial charge in [-0.3, -0.25) is 9.69 Å². The molecule has 0 aliphatic carbocycles. The number of aliphatic hydroxyl groups excluding tert-OH is 1. The van der Waals surface area contributed by atoms with Gasteiger partial charge in [0.25, 0.3) is 0 Å². The Bertz CT molecular complexity index is 518. The van der Waals surface area contributed by atoms with Gasteiger partial charge in [-0.25, -0.2) is 0 Å². The van der Waals surface area contributed by atoms with Gasteiger partial charge in [-0.05, 0) is 50.5 Å². The number of hydrogen-bond donors (Lipinski definition) is 1. The highest BCUT2D eigenvalue weighted by atomic mass is 16.3. The number of hydrogen-bond acceptors (Lipinski definition) is 3. The van der Waals surface area contributed by atoms with Crippen LogP contribution in [0.25, 0.3) is 0 Å². The highest BCUT2D eigenvalue weighted by molar-refractivity contribution is 5.81. The second-order valence-electron chi connectivity index (χ2n) is 7.40. The maximum absolute atomic E-state index is 12.8. The minimum atomic E-state index is -0.183. The molecule has 4 nitrogen and oxygen atoms in total. The van der Waals surface area contributed by atoms with E-state index in [-0.39, 0.29) is 18.1 Å². The van der Waals surface area contributed by atoms with Crippen LogP contribution in [0.4, 0.5) is 0 Å². The van der Waals surface area contributed by atoms with Crippen LogP contribution in [-0.4, -0.2) is 59.1 Å². The molecule has 4 heteroatoms. The van der Waals surface area contributed by atoms with Crippen molar-refractivity contribution in [3.8, 4) is 0 Å². The Hall–Kier alpha value is -1.39. The van der Waals surface area contributed by atoms with Crippen molar-refractivity contribution in [2.75, 3.05) is 26.2 Å². The van der Waals surface area contributed by atoms with Gasteiger partial charge in [-0.15, -0.1) is 0 Å². The lowest BCUT2D eigenvalue weighted by molar-refractivity contribution is -0.138. The van der Waals surface area contributed by atoms with Crippen molar-refractivity contribution >= 4 is 5.91 Å². The molecule has 2 saturated heterocycles. The first-order valence-corrected chi connectivity index (χ1v) is 9.38. The third kappa shape index (κ3) is 4.37. The summed E-state index contributed by atoms with van der Waals surface area (Å²) in [6, 6.07) is 10.6. The Morgan fingerprint density at radius 3 is 2.33 bits per heavy atom. The van der Waals surface area contributed by atoms with E-state index in [1.54, 1.807) is 0 Å². The largest absolute Gasteiger partial charge is 0.393 e. The van der Waals surface area contributed by atoms with Crippen LogP contribution in [0.1, 0.15) is 38.2 Å². The zero-order valence-electron chi connectivity index (χ0n) is 14.7. The normalized spacial score (nSPS) is 22.5. The van der Waals surface area contributed by atoms with Gasteiger partial charge in [0.15, 0.2) is 0 Å². The van der Waals surface area contributed by atoms with E-state index in [2.05, 4.69) is 40.1 Å². The Balaban J connectivity index is 1.46. The van der Waals surface area contributed by atoms with E-state index in [1.165, 1.54) is 5.56 Å². The van der Waals surface area contributed by atoms with Crippen LogP contribution in [0.3, 0.4) is 0 Å². The summed E-state index contributed by atoms with van der Waals surface area (Å²) in [6.45, 7) is 5.46. The molecule has 1 N–H and O–H groups in total. The lowest BCUT2D eigenvalue weighted by Gasteiger charge is -2.38. The van der Waals surface area contributed by atoms with Crippen molar-refractivity contribution in [1.29, 1.82) is 0 Å². The summed E-state index contributed by atoms with van der Waals surface area (Å²) < 4.78 is 0. The quantitative estimate of drug-likeness (QED) is 0.921. The fourth-order valence-corrected chi connectivity index (χ4v) is 4.00. The average molecular weight is 330 g/mol. The molecule has 0 aromatic heterocycles. The predicted molar refractivity (Wildman–Crippen MR) is 95.7 cm³/mol. The summed E-state index contributed by atoms with van der Waals surface area (Å²) in [5.41, 5.74) is 1.41. The Labute approximate surface area is 145 Å². The first-order chi connectivity index (χ1) is 11.6. The van der Waals surface area contributed by atoms with E-state index in [0.29, 0.717) is 5.92 Å². The van der Waals surface area contributed by atoms with E-state index >= 15 is 0 Å². The third-order valence-corrected chi connectivity index (χ3v) is 5.70. The van der Waals surface area contributed by atoms with E-state index in [4.69, 9.17) is 0 Å². The molecular formula is C20H30N2O2. The zero-order chi connectivity index (χ0) is 16.9. The fourth-order valence-electron chi connectivity index (χ4n) is 4.00. The maximum Gasteiger partial charge on any atom is 0.239 e. The molecule has 24 heavy (non-hydrogen) atoms. The lowest BCUT2D eigenvalue weighted by Crippen LogP contribution is -2.52. The van der Waals surface area contributed by atoms with Gasteiger partial charge in [-0.1, -0.05) is 30.3 Å². The monoisotopic (exact) mass is 330 g/mol. The topological polar surface area (TPSA) is 43.8 Å². The third-order valence-electron chi connectivity index (χ3n) is 5.70. The number of aliphatic hydroxyl groups is 1. The summed E-state index contributed by atoms with van der Waals surface area (Å²) >= 11 is 0. The molecule has 0 unspecified atom stereocenters. The van der Waals surface area contributed by atoms with Crippen molar-refractivity contribution in [2.24, 2.45) is 5.92 Å². The molecule has 0 radical (unpaired) electrons. The van der Waals surface area contributed by atoms with Gasteiger partial charge in [0, 0.05) is 26.2 Å². The molecule has 132 valence electrons. The lowest BCUT2D eigenvalue weighted by atomic mass is 9.90. The van der Waals surface area contributed by atoms with Crippen LogP contribution < -0.4 is 0 Å². The van der Waals surface area contributed by atoms with Gasteiger partial charge >= 0.3 is 0 Å². The van der Waals surface area contributed by atoms with Crippen LogP contribution in [0.5, 0.6) is 0 Å². The standard InChI is InChI=1S/C20H30N2O2/c1-16(21-13-9-19(23)10-14-21)20(24)22-11-7-18(8-12-22)15-17-5-3-2-4-6-17/h2-6,16,18-19,23H,7-15H2,1H3/t16-/m1/s1. The summed E-state index contributed by atoms with van der Waals surface area (Å²) in [4.78, 5) is 17.0. The van der Waals surface area contributed by atoms with Crippen molar-refractivity contribution < 1.29 is 9.90 Å². The number of benzene rings is 1. The molecular weight excluding hydrogens is 300 g/mol. The van der Waals surface area contributed by atoms with Crippen molar-refractivity contribution in [3.63, 3.8) is 0 Å². The summed E-state index contributed by atoms with van der Waals surface area (Å²) in [5.74, 6) is 0.960. The first kappa shape index (κ1) is 17.4. The van der Waals surface area contributed by atoms with Crippen LogP contribution in [0.15, 0.2) is 30.3 Å². The summed E-state index contributed by atoms with van der Waals surface area (Å²) in [6.07, 6.45) is 4.73. The van der Waals surface area contributed by atoms with Gasteiger partial charge in [0.05, 0.1) is 12.1 Å². The number of carbonyl (C=O) groups excluding carboxylic acids is 1. The van der Waals surface area contributed by atoms with Crippen LogP contribution in [0.2, 0.25) is 0 Å². The molecule has 1 amide bonds. The second kappa shape index (κ2) is 8.13. The number of rotatable bonds is 4. The Kier molecular flexibility index (Phi) is 5.90. The molecule has 1 aromatic rings. The molecule has 0 bridgehead atoms. The molecule has 2 heterocycles. The molecule has 2 fully saturated rings. The smallest absolute Gasteiger partial charge is 0.239 e. The van der Waals surface area contributed by atoms with E-state index in [1.807, 2.05) is 6.92 Å². The van der Waals surface area contributed by atoms with Gasteiger partial charge in [-0.2, -0.15) is 0 Å². The minimum absolute atomic E-state index is 0.0526. The second-order valence-corrected chi connectivity index (χ2v) is 7.40. The zero-order valence-corrected chi connectivity index (χ0v) is 14.7. The fraction of sp³-hybridized carbons (Fsp3) is 0.650. The van der Waals surface area contributed by atoms with E-state index in [9.17, 15) is 9.90 Å². The van der Waals surface area contributed by atoms with E-state index < -0.39 is 0 Å². The first-order valence-electron chi connectivity index (χ1n) is 9.38. The number of amides is 1. The number of likely N-dealkylation sites (tertiary alicyclic amines) is 2. The molecule has 1 atom stereocenters. The van der Waals surface area contributed by atoms with Crippen molar-refractivity contribution in [3.05, 3.63) is 35.9 Å². The van der Waals surface area contributed by atoms with Crippen LogP contribution in [-0.2, 0) is 11.2 Å². The van der Waals surface area contributed by atoms with Crippen molar-refractivity contribution in [1.82, 2.24) is 9.80 Å². The van der Waals surface area contributed by atoms with Gasteiger partial charge in [0.1, 0.15) is 0 Å². The number of nitrogens with zero attached hydrogens (tertiary/aromatic N) is 2. The summed E-state index contributed by atoms with van der Waals surface area (Å²) in [7, 11) is 0. The van der Waals surface area contributed by atoms with Crippen LogP contribution >= 0.6 is 0 Å². The van der Waals surface area contributed by atoms with Crippen molar-refractivity contribution in [2.45, 2.75) is 51.2 Å². The number of carbonyl (C=O) groups is 1. The highest BCUT2D eigenvalue weighted by Gasteiger charge is 2.30. The maximum atomic E-state index is 12.8. The predicted octanol–water partition coefficient (Wildman–Crippen LogP) is 2.31. The Morgan fingerprint density at radius 1 is 1.08 bits per heavy atom. The molecule has 0 spiro atoms. The van der Waals surface area contributed by atoms with E-state index in [0.717, 1.165) is 58.3 Å². The molecule has 2 aliphatic heterocycles. The molecule has 1 aromatic carbocycles. The Morgan fingerprint density at radius 2 is 1.71 bits per heavy atom. The van der Waals surface area contributed by atoms with Crippen LogP contribution in [0, 0.1) is 5.92 Å². The summed E-state index contributed by atoms with van der Waals surface area (Å²) in [5, 5.41) is 9.62.